The van der Waals surface area contributed by atoms with Gasteiger partial charge in [0.15, 0.2) is 0 Å². The molecule has 0 saturated heterocycles. The fraction of sp³-hybridized carbons (Fsp3) is 1.00. The predicted octanol–water partition coefficient (Wildman–Crippen LogP) is 3.13. The second-order valence-electron chi connectivity index (χ2n) is 5.31. The molecule has 0 atom stereocenters. The Morgan fingerprint density at radius 2 is 1.61 bits per heavy atom. The molecular formula is C15H31NO2. The Morgan fingerprint density at radius 1 is 0.889 bits per heavy atom. The number of unbranched alkanes of at least 4 members (excludes halogenated alkanes) is 1. The maximum atomic E-state index is 5.45. The van der Waals surface area contributed by atoms with Crippen LogP contribution in [0.4, 0.5) is 0 Å². The SMILES string of the molecule is COCCOCCCCNC1CCCCCCC1. The summed E-state index contributed by atoms with van der Waals surface area (Å²) in [6.45, 7) is 3.46. The van der Waals surface area contributed by atoms with Crippen molar-refractivity contribution in [2.24, 2.45) is 0 Å². The molecule has 108 valence electrons. The molecule has 0 heterocycles. The molecule has 0 radical (unpaired) electrons. The summed E-state index contributed by atoms with van der Waals surface area (Å²) in [6.07, 6.45) is 12.3. The van der Waals surface area contributed by atoms with Crippen LogP contribution in [-0.4, -0.2) is 39.5 Å². The summed E-state index contributed by atoms with van der Waals surface area (Å²) in [5, 5.41) is 3.71. The summed E-state index contributed by atoms with van der Waals surface area (Å²) in [4.78, 5) is 0. The van der Waals surface area contributed by atoms with Gasteiger partial charge in [-0.3, -0.25) is 0 Å². The Labute approximate surface area is 113 Å². The minimum Gasteiger partial charge on any atom is -0.382 e. The van der Waals surface area contributed by atoms with Gasteiger partial charge >= 0.3 is 0 Å². The molecule has 18 heavy (non-hydrogen) atoms. The third kappa shape index (κ3) is 8.90. The first-order chi connectivity index (χ1) is 8.93. The van der Waals surface area contributed by atoms with Gasteiger partial charge in [-0.15, -0.1) is 0 Å². The lowest BCUT2D eigenvalue weighted by atomic mass is 9.97. The van der Waals surface area contributed by atoms with E-state index in [1.807, 2.05) is 0 Å². The summed E-state index contributed by atoms with van der Waals surface area (Å²) in [5.41, 5.74) is 0. The van der Waals surface area contributed by atoms with Gasteiger partial charge in [0.1, 0.15) is 0 Å². The van der Waals surface area contributed by atoms with Gasteiger partial charge in [0.2, 0.25) is 0 Å². The Hall–Kier alpha value is -0.120. The van der Waals surface area contributed by atoms with Crippen molar-refractivity contribution >= 4 is 0 Å². The molecule has 1 aliphatic carbocycles. The molecule has 1 aliphatic rings. The van der Waals surface area contributed by atoms with Crippen molar-refractivity contribution in [3.05, 3.63) is 0 Å². The number of methoxy groups -OCH3 is 1. The highest BCUT2D eigenvalue weighted by Gasteiger charge is 2.09. The summed E-state index contributed by atoms with van der Waals surface area (Å²) in [6, 6.07) is 0.778. The summed E-state index contributed by atoms with van der Waals surface area (Å²) < 4.78 is 10.4. The Kier molecular flexibility index (Phi) is 10.6. The third-order valence-electron chi connectivity index (χ3n) is 3.69. The number of ether oxygens (including phenoxy) is 2. The molecule has 0 amide bonds. The highest BCUT2D eigenvalue weighted by Crippen LogP contribution is 2.16. The van der Waals surface area contributed by atoms with Crippen LogP contribution in [0, 0.1) is 0 Å². The topological polar surface area (TPSA) is 30.5 Å². The predicted molar refractivity (Wildman–Crippen MR) is 76.0 cm³/mol. The van der Waals surface area contributed by atoms with E-state index in [0.29, 0.717) is 6.61 Å². The van der Waals surface area contributed by atoms with E-state index in [1.54, 1.807) is 7.11 Å². The zero-order chi connectivity index (χ0) is 12.9. The molecule has 0 bridgehead atoms. The van der Waals surface area contributed by atoms with Gasteiger partial charge < -0.3 is 14.8 Å². The van der Waals surface area contributed by atoms with Crippen LogP contribution in [0.5, 0.6) is 0 Å². The van der Waals surface area contributed by atoms with Crippen LogP contribution >= 0.6 is 0 Å². The lowest BCUT2D eigenvalue weighted by molar-refractivity contribution is 0.0687. The van der Waals surface area contributed by atoms with Gasteiger partial charge in [0, 0.05) is 19.8 Å². The van der Waals surface area contributed by atoms with Crippen LogP contribution in [0.1, 0.15) is 57.8 Å². The van der Waals surface area contributed by atoms with Crippen molar-refractivity contribution in [2.45, 2.75) is 63.8 Å². The lowest BCUT2D eigenvalue weighted by Gasteiger charge is -2.21. The van der Waals surface area contributed by atoms with Crippen LogP contribution in [0.15, 0.2) is 0 Å². The molecule has 1 N–H and O–H groups in total. The van der Waals surface area contributed by atoms with E-state index in [0.717, 1.165) is 32.2 Å². The Bertz CT molecular complexity index is 168. The van der Waals surface area contributed by atoms with Crippen LogP contribution in [-0.2, 0) is 9.47 Å². The van der Waals surface area contributed by atoms with Gasteiger partial charge in [0.05, 0.1) is 13.2 Å². The van der Waals surface area contributed by atoms with E-state index >= 15 is 0 Å². The van der Waals surface area contributed by atoms with E-state index in [9.17, 15) is 0 Å². The fourth-order valence-electron chi connectivity index (χ4n) is 2.54. The van der Waals surface area contributed by atoms with Crippen LogP contribution < -0.4 is 5.32 Å². The van der Waals surface area contributed by atoms with Crippen LogP contribution in [0.2, 0.25) is 0 Å². The number of rotatable bonds is 9. The first-order valence-electron chi connectivity index (χ1n) is 7.73. The second kappa shape index (κ2) is 11.9. The highest BCUT2D eigenvalue weighted by atomic mass is 16.5. The zero-order valence-corrected chi connectivity index (χ0v) is 12.1. The second-order valence-corrected chi connectivity index (χ2v) is 5.31. The highest BCUT2D eigenvalue weighted by molar-refractivity contribution is 4.69. The van der Waals surface area contributed by atoms with Crippen molar-refractivity contribution in [1.82, 2.24) is 5.32 Å². The molecule has 0 aromatic carbocycles. The molecule has 1 fully saturated rings. The van der Waals surface area contributed by atoms with Crippen LogP contribution in [0.25, 0.3) is 0 Å². The van der Waals surface area contributed by atoms with E-state index in [1.165, 1.54) is 51.4 Å². The van der Waals surface area contributed by atoms with Gasteiger partial charge in [-0.1, -0.05) is 32.1 Å². The first kappa shape index (κ1) is 15.9. The Morgan fingerprint density at radius 3 is 2.33 bits per heavy atom. The normalized spacial score (nSPS) is 18.5. The fourth-order valence-corrected chi connectivity index (χ4v) is 2.54. The van der Waals surface area contributed by atoms with Crippen molar-refractivity contribution in [3.63, 3.8) is 0 Å². The molecule has 1 saturated carbocycles. The van der Waals surface area contributed by atoms with Gasteiger partial charge in [0.25, 0.3) is 0 Å². The first-order valence-corrected chi connectivity index (χ1v) is 7.73. The maximum Gasteiger partial charge on any atom is 0.0700 e. The molecular weight excluding hydrogens is 226 g/mol. The third-order valence-corrected chi connectivity index (χ3v) is 3.69. The van der Waals surface area contributed by atoms with E-state index in [4.69, 9.17) is 9.47 Å². The van der Waals surface area contributed by atoms with Crippen molar-refractivity contribution in [3.8, 4) is 0 Å². The average Bonchev–Trinajstić information content (AvgIpc) is 2.34. The van der Waals surface area contributed by atoms with Crippen molar-refractivity contribution < 1.29 is 9.47 Å². The Balaban J connectivity index is 1.86. The molecule has 0 aliphatic heterocycles. The smallest absolute Gasteiger partial charge is 0.0700 e. The molecule has 0 aromatic heterocycles. The molecule has 0 spiro atoms. The molecule has 0 unspecified atom stereocenters. The van der Waals surface area contributed by atoms with E-state index in [-0.39, 0.29) is 0 Å². The van der Waals surface area contributed by atoms with E-state index in [2.05, 4.69) is 5.32 Å². The van der Waals surface area contributed by atoms with E-state index < -0.39 is 0 Å². The number of hydrogen-bond donors (Lipinski definition) is 1. The molecule has 0 aromatic rings. The van der Waals surface area contributed by atoms with Gasteiger partial charge in [-0.2, -0.15) is 0 Å². The average molecular weight is 257 g/mol. The molecule has 1 rings (SSSR count). The largest absolute Gasteiger partial charge is 0.382 e. The standard InChI is InChI=1S/C15H31NO2/c1-17-13-14-18-12-8-7-11-16-15-9-5-3-2-4-6-10-15/h15-16H,2-14H2,1H3. The minimum absolute atomic E-state index is 0.709. The van der Waals surface area contributed by atoms with Crippen molar-refractivity contribution in [2.75, 3.05) is 33.5 Å². The van der Waals surface area contributed by atoms with Crippen LogP contribution in [0.3, 0.4) is 0 Å². The maximum absolute atomic E-state index is 5.45. The summed E-state index contributed by atoms with van der Waals surface area (Å²) in [7, 11) is 1.71. The monoisotopic (exact) mass is 257 g/mol. The summed E-state index contributed by atoms with van der Waals surface area (Å²) in [5.74, 6) is 0. The van der Waals surface area contributed by atoms with Gasteiger partial charge in [-0.05, 0) is 32.2 Å². The zero-order valence-electron chi connectivity index (χ0n) is 12.1. The number of nitrogens with one attached hydrogen (secondary N) is 1. The van der Waals surface area contributed by atoms with Crippen molar-refractivity contribution in [1.29, 1.82) is 0 Å². The number of hydrogen-bond acceptors (Lipinski definition) is 3. The van der Waals surface area contributed by atoms with Gasteiger partial charge in [-0.25, -0.2) is 0 Å². The molecule has 3 heteroatoms. The molecule has 3 nitrogen and oxygen atoms in total. The lowest BCUT2D eigenvalue weighted by Crippen LogP contribution is -2.30. The summed E-state index contributed by atoms with van der Waals surface area (Å²) >= 11 is 0. The quantitative estimate of drug-likeness (QED) is 0.644. The minimum atomic E-state index is 0.709.